The van der Waals surface area contributed by atoms with Gasteiger partial charge in [-0.1, -0.05) is 30.3 Å². The van der Waals surface area contributed by atoms with E-state index >= 15 is 0 Å². The highest BCUT2D eigenvalue weighted by atomic mass is 16.2. The van der Waals surface area contributed by atoms with E-state index in [-0.39, 0.29) is 30.3 Å². The van der Waals surface area contributed by atoms with Crippen molar-refractivity contribution in [2.45, 2.75) is 58.0 Å². The zero-order valence-electron chi connectivity index (χ0n) is 16.7. The molecule has 1 aliphatic heterocycles. The first-order valence-electron chi connectivity index (χ1n) is 10.4. The number of carbonyl (C=O) groups is 3. The van der Waals surface area contributed by atoms with Crippen molar-refractivity contribution in [1.82, 2.24) is 10.2 Å². The zero-order chi connectivity index (χ0) is 20.4. The lowest BCUT2D eigenvalue weighted by atomic mass is 9.89. The van der Waals surface area contributed by atoms with E-state index in [9.17, 15) is 14.4 Å². The Kier molecular flexibility index (Phi) is 5.47. The Morgan fingerprint density at radius 2 is 1.59 bits per heavy atom. The Balaban J connectivity index is 1.39. The van der Waals surface area contributed by atoms with Crippen LogP contribution in [0.25, 0.3) is 0 Å². The topological polar surface area (TPSA) is 66.5 Å². The first-order valence-corrected chi connectivity index (χ1v) is 10.4. The summed E-state index contributed by atoms with van der Waals surface area (Å²) in [6.45, 7) is 2.27. The standard InChI is InChI=1S/C24H26N2O3/c1-16(20-11-10-18-4-2-3-5-21(18)14-20)25-24(29)19-8-6-17(7-9-19)15-26-22(27)12-13-23(26)28/h6-11,14,16H,2-5,12-13,15H2,1H3,(H,25,29)/t16-/m1/s1. The van der Waals surface area contributed by atoms with Crippen LogP contribution in [-0.2, 0) is 29.0 Å². The van der Waals surface area contributed by atoms with E-state index in [1.807, 2.05) is 6.92 Å². The van der Waals surface area contributed by atoms with Crippen molar-refractivity contribution in [3.63, 3.8) is 0 Å². The number of rotatable bonds is 5. The largest absolute Gasteiger partial charge is 0.346 e. The van der Waals surface area contributed by atoms with Crippen LogP contribution < -0.4 is 5.32 Å². The fourth-order valence-electron chi connectivity index (χ4n) is 4.13. The molecule has 2 aromatic carbocycles. The van der Waals surface area contributed by atoms with Crippen LogP contribution in [0.15, 0.2) is 42.5 Å². The molecule has 1 saturated heterocycles. The molecule has 1 fully saturated rings. The monoisotopic (exact) mass is 390 g/mol. The predicted octanol–water partition coefficient (Wildman–Crippen LogP) is 3.71. The maximum Gasteiger partial charge on any atom is 0.251 e. The molecule has 29 heavy (non-hydrogen) atoms. The Hall–Kier alpha value is -2.95. The highest BCUT2D eigenvalue weighted by Gasteiger charge is 2.28. The number of likely N-dealkylation sites (tertiary alicyclic amines) is 1. The normalized spacial score (nSPS) is 17.2. The minimum absolute atomic E-state index is 0.0748. The van der Waals surface area contributed by atoms with Gasteiger partial charge in [0.25, 0.3) is 5.91 Å². The van der Waals surface area contributed by atoms with E-state index in [0.717, 1.165) is 24.0 Å². The summed E-state index contributed by atoms with van der Waals surface area (Å²) in [5, 5.41) is 3.07. The van der Waals surface area contributed by atoms with E-state index in [4.69, 9.17) is 0 Å². The van der Waals surface area contributed by atoms with E-state index in [1.165, 1.54) is 28.9 Å². The molecule has 3 amide bonds. The van der Waals surface area contributed by atoms with Crippen LogP contribution in [0.1, 0.15) is 71.3 Å². The highest BCUT2D eigenvalue weighted by molar-refractivity contribution is 6.01. The number of benzene rings is 2. The van der Waals surface area contributed by atoms with Gasteiger partial charge in [-0.15, -0.1) is 0 Å². The lowest BCUT2D eigenvalue weighted by Crippen LogP contribution is -2.28. The lowest BCUT2D eigenvalue weighted by Gasteiger charge is -2.20. The molecule has 1 atom stereocenters. The molecule has 5 heteroatoms. The van der Waals surface area contributed by atoms with Gasteiger partial charge in [0.2, 0.25) is 11.8 Å². The Labute approximate surface area is 171 Å². The summed E-state index contributed by atoms with van der Waals surface area (Å²) in [7, 11) is 0. The number of nitrogens with one attached hydrogen (secondary N) is 1. The van der Waals surface area contributed by atoms with E-state index < -0.39 is 0 Å². The van der Waals surface area contributed by atoms with Crippen LogP contribution in [-0.4, -0.2) is 22.6 Å². The number of imide groups is 1. The molecular formula is C24H26N2O3. The van der Waals surface area contributed by atoms with Gasteiger partial charge in [-0.05, 0) is 67.0 Å². The van der Waals surface area contributed by atoms with Gasteiger partial charge < -0.3 is 5.32 Å². The van der Waals surface area contributed by atoms with Crippen molar-refractivity contribution in [2.75, 3.05) is 0 Å². The molecule has 0 radical (unpaired) electrons. The van der Waals surface area contributed by atoms with Gasteiger partial charge in [0.05, 0.1) is 12.6 Å². The van der Waals surface area contributed by atoms with Crippen LogP contribution in [0, 0.1) is 0 Å². The van der Waals surface area contributed by atoms with Crippen LogP contribution >= 0.6 is 0 Å². The van der Waals surface area contributed by atoms with Crippen LogP contribution in [0.2, 0.25) is 0 Å². The molecule has 0 spiro atoms. The second kappa shape index (κ2) is 8.19. The molecule has 1 N–H and O–H groups in total. The van der Waals surface area contributed by atoms with Crippen molar-refractivity contribution in [1.29, 1.82) is 0 Å². The first kappa shape index (κ1) is 19.4. The zero-order valence-corrected chi connectivity index (χ0v) is 16.7. The minimum Gasteiger partial charge on any atom is -0.346 e. The molecule has 0 unspecified atom stereocenters. The molecule has 2 aromatic rings. The Bertz CT molecular complexity index is 933. The second-order valence-electron chi connectivity index (χ2n) is 8.00. The van der Waals surface area contributed by atoms with Gasteiger partial charge in [-0.25, -0.2) is 0 Å². The summed E-state index contributed by atoms with van der Waals surface area (Å²) in [6, 6.07) is 13.6. The molecule has 2 aliphatic rings. The van der Waals surface area contributed by atoms with Gasteiger partial charge in [0, 0.05) is 18.4 Å². The molecule has 1 heterocycles. The smallest absolute Gasteiger partial charge is 0.251 e. The number of nitrogens with zero attached hydrogens (tertiary/aromatic N) is 1. The predicted molar refractivity (Wildman–Crippen MR) is 110 cm³/mol. The lowest BCUT2D eigenvalue weighted by molar-refractivity contribution is -0.139. The van der Waals surface area contributed by atoms with E-state index in [2.05, 4.69) is 23.5 Å². The van der Waals surface area contributed by atoms with Crippen molar-refractivity contribution in [2.24, 2.45) is 0 Å². The quantitative estimate of drug-likeness (QED) is 0.792. The second-order valence-corrected chi connectivity index (χ2v) is 8.00. The summed E-state index contributed by atoms with van der Waals surface area (Å²) in [5.41, 5.74) is 5.38. The molecule has 0 saturated carbocycles. The van der Waals surface area contributed by atoms with Crippen molar-refractivity contribution < 1.29 is 14.4 Å². The maximum atomic E-state index is 12.6. The summed E-state index contributed by atoms with van der Waals surface area (Å²) in [6.07, 6.45) is 5.34. The molecule has 0 bridgehead atoms. The third-order valence-corrected chi connectivity index (χ3v) is 5.93. The first-order chi connectivity index (χ1) is 14.0. The number of hydrogen-bond donors (Lipinski definition) is 1. The molecular weight excluding hydrogens is 364 g/mol. The average Bonchev–Trinajstić information content (AvgIpc) is 3.06. The molecule has 0 aromatic heterocycles. The number of carbonyl (C=O) groups excluding carboxylic acids is 3. The van der Waals surface area contributed by atoms with E-state index in [0.29, 0.717) is 18.4 Å². The van der Waals surface area contributed by atoms with Crippen LogP contribution in [0.4, 0.5) is 0 Å². The van der Waals surface area contributed by atoms with Gasteiger partial charge in [0.1, 0.15) is 0 Å². The van der Waals surface area contributed by atoms with E-state index in [1.54, 1.807) is 24.3 Å². The Morgan fingerprint density at radius 3 is 2.28 bits per heavy atom. The fraction of sp³-hybridized carbons (Fsp3) is 0.375. The van der Waals surface area contributed by atoms with Gasteiger partial charge >= 0.3 is 0 Å². The van der Waals surface area contributed by atoms with Gasteiger partial charge in [0.15, 0.2) is 0 Å². The third kappa shape index (κ3) is 4.24. The van der Waals surface area contributed by atoms with Gasteiger partial charge in [-0.3, -0.25) is 19.3 Å². The SMILES string of the molecule is C[C@@H](NC(=O)c1ccc(CN2C(=O)CCC2=O)cc1)c1ccc2c(c1)CCCC2. The van der Waals surface area contributed by atoms with Crippen molar-refractivity contribution >= 4 is 17.7 Å². The summed E-state index contributed by atoms with van der Waals surface area (Å²) in [4.78, 5) is 37.4. The summed E-state index contributed by atoms with van der Waals surface area (Å²) >= 11 is 0. The Morgan fingerprint density at radius 1 is 0.931 bits per heavy atom. The third-order valence-electron chi connectivity index (χ3n) is 5.93. The van der Waals surface area contributed by atoms with Crippen LogP contribution in [0.3, 0.4) is 0 Å². The average molecular weight is 390 g/mol. The molecule has 150 valence electrons. The number of aryl methyl sites for hydroxylation is 2. The summed E-state index contributed by atoms with van der Waals surface area (Å²) in [5.74, 6) is -0.388. The number of hydrogen-bond acceptors (Lipinski definition) is 3. The molecule has 1 aliphatic carbocycles. The maximum absolute atomic E-state index is 12.6. The fourth-order valence-corrected chi connectivity index (χ4v) is 4.13. The van der Waals surface area contributed by atoms with Crippen molar-refractivity contribution in [3.8, 4) is 0 Å². The summed E-state index contributed by atoms with van der Waals surface area (Å²) < 4.78 is 0. The van der Waals surface area contributed by atoms with Crippen LogP contribution in [0.5, 0.6) is 0 Å². The molecule has 4 rings (SSSR count). The van der Waals surface area contributed by atoms with Gasteiger partial charge in [-0.2, -0.15) is 0 Å². The highest BCUT2D eigenvalue weighted by Crippen LogP contribution is 2.25. The van der Waals surface area contributed by atoms with Crippen molar-refractivity contribution in [3.05, 3.63) is 70.3 Å². The number of amides is 3. The minimum atomic E-state index is -0.130. The molecule has 5 nitrogen and oxygen atoms in total. The number of fused-ring (bicyclic) bond motifs is 1.